The molecule has 1 atom stereocenters. The molecule has 2 aliphatic heterocycles. The van der Waals surface area contributed by atoms with Gasteiger partial charge in [-0.05, 0) is 37.0 Å². The highest BCUT2D eigenvalue weighted by molar-refractivity contribution is 5.83. The summed E-state index contributed by atoms with van der Waals surface area (Å²) in [6, 6.07) is 4.98. The number of nitrogens with one attached hydrogen (secondary N) is 1. The number of ether oxygens (including phenoxy) is 1. The Bertz CT molecular complexity index is 608. The van der Waals surface area contributed by atoms with Crippen LogP contribution in [0.3, 0.4) is 0 Å². The molecule has 0 spiro atoms. The first-order valence-electron chi connectivity index (χ1n) is 7.97. The summed E-state index contributed by atoms with van der Waals surface area (Å²) in [6.45, 7) is 3.74. The van der Waals surface area contributed by atoms with Crippen LogP contribution in [-0.2, 0) is 20.9 Å². The van der Waals surface area contributed by atoms with Gasteiger partial charge in [-0.2, -0.15) is 0 Å². The van der Waals surface area contributed by atoms with Crippen molar-refractivity contribution in [2.75, 3.05) is 19.7 Å². The van der Waals surface area contributed by atoms with Gasteiger partial charge in [0.05, 0.1) is 6.61 Å². The number of nitrogens with zero attached hydrogens (tertiary/aromatic N) is 1. The van der Waals surface area contributed by atoms with E-state index in [0.29, 0.717) is 44.6 Å². The standard InChI is InChI=1S/C17H21FN2O3/c1-11-2-3-12(8-14(11)18)9-19-16(21)13-4-6-20(7-5-13)17(22)15-10-23-15/h2-3,8,13,15H,4-7,9-10H2,1H3,(H,19,21). The molecule has 2 saturated heterocycles. The number of carbonyl (C=O) groups excluding carboxylic acids is 2. The van der Waals surface area contributed by atoms with Crippen molar-refractivity contribution in [1.29, 1.82) is 0 Å². The second kappa shape index (κ2) is 6.66. The molecule has 5 nitrogen and oxygen atoms in total. The van der Waals surface area contributed by atoms with Crippen LogP contribution in [0.25, 0.3) is 0 Å². The first-order valence-corrected chi connectivity index (χ1v) is 7.97. The molecular formula is C17H21FN2O3. The highest BCUT2D eigenvalue weighted by Gasteiger charge is 2.37. The number of rotatable bonds is 4. The lowest BCUT2D eigenvalue weighted by Crippen LogP contribution is -2.44. The van der Waals surface area contributed by atoms with Crippen LogP contribution in [0.1, 0.15) is 24.0 Å². The Morgan fingerprint density at radius 1 is 1.35 bits per heavy atom. The molecule has 3 rings (SSSR count). The molecule has 6 heteroatoms. The van der Waals surface area contributed by atoms with Crippen molar-refractivity contribution in [2.45, 2.75) is 32.4 Å². The van der Waals surface area contributed by atoms with Crippen molar-refractivity contribution >= 4 is 11.8 Å². The van der Waals surface area contributed by atoms with Gasteiger partial charge in [-0.1, -0.05) is 12.1 Å². The molecule has 1 aromatic rings. The summed E-state index contributed by atoms with van der Waals surface area (Å²) in [5.41, 5.74) is 1.34. The quantitative estimate of drug-likeness (QED) is 0.853. The summed E-state index contributed by atoms with van der Waals surface area (Å²) in [5, 5.41) is 2.86. The van der Waals surface area contributed by atoms with E-state index < -0.39 is 0 Å². The number of piperidine rings is 1. The van der Waals surface area contributed by atoms with E-state index >= 15 is 0 Å². The van der Waals surface area contributed by atoms with Gasteiger partial charge in [0.25, 0.3) is 5.91 Å². The maximum Gasteiger partial charge on any atom is 0.254 e. The zero-order valence-corrected chi connectivity index (χ0v) is 13.2. The fourth-order valence-corrected chi connectivity index (χ4v) is 2.84. The van der Waals surface area contributed by atoms with E-state index in [1.165, 1.54) is 6.07 Å². The van der Waals surface area contributed by atoms with Crippen molar-refractivity contribution in [3.8, 4) is 0 Å². The van der Waals surface area contributed by atoms with Crippen LogP contribution in [0.5, 0.6) is 0 Å². The van der Waals surface area contributed by atoms with Gasteiger partial charge in [0.1, 0.15) is 5.82 Å². The fourth-order valence-electron chi connectivity index (χ4n) is 2.84. The van der Waals surface area contributed by atoms with E-state index in [9.17, 15) is 14.0 Å². The Morgan fingerprint density at radius 2 is 2.04 bits per heavy atom. The average molecular weight is 320 g/mol. The summed E-state index contributed by atoms with van der Waals surface area (Å²) in [4.78, 5) is 25.9. The van der Waals surface area contributed by atoms with Gasteiger partial charge >= 0.3 is 0 Å². The van der Waals surface area contributed by atoms with Crippen molar-refractivity contribution in [1.82, 2.24) is 10.2 Å². The maximum absolute atomic E-state index is 13.5. The summed E-state index contributed by atoms with van der Waals surface area (Å²) < 4.78 is 18.5. The summed E-state index contributed by atoms with van der Waals surface area (Å²) in [5.74, 6) is -0.333. The Kier molecular flexibility index (Phi) is 4.61. The highest BCUT2D eigenvalue weighted by Crippen LogP contribution is 2.21. The molecule has 1 aromatic carbocycles. The predicted octanol–water partition coefficient (Wildman–Crippen LogP) is 1.39. The topological polar surface area (TPSA) is 61.9 Å². The molecular weight excluding hydrogens is 299 g/mol. The third-order valence-electron chi connectivity index (χ3n) is 4.49. The molecule has 2 aliphatic rings. The van der Waals surface area contributed by atoms with Crippen LogP contribution in [0.4, 0.5) is 4.39 Å². The van der Waals surface area contributed by atoms with Gasteiger partial charge < -0.3 is 15.0 Å². The monoisotopic (exact) mass is 320 g/mol. The maximum atomic E-state index is 13.5. The second-order valence-corrected chi connectivity index (χ2v) is 6.22. The zero-order valence-electron chi connectivity index (χ0n) is 13.2. The lowest BCUT2D eigenvalue weighted by atomic mass is 9.95. The molecule has 23 heavy (non-hydrogen) atoms. The van der Waals surface area contributed by atoms with Crippen LogP contribution < -0.4 is 5.32 Å². The van der Waals surface area contributed by atoms with Crippen LogP contribution in [0.2, 0.25) is 0 Å². The number of epoxide rings is 1. The number of likely N-dealkylation sites (tertiary alicyclic amines) is 1. The van der Waals surface area contributed by atoms with Gasteiger partial charge in [0.2, 0.25) is 5.91 Å². The number of amides is 2. The van der Waals surface area contributed by atoms with E-state index in [4.69, 9.17) is 4.74 Å². The van der Waals surface area contributed by atoms with Crippen LogP contribution in [0, 0.1) is 18.7 Å². The first-order chi connectivity index (χ1) is 11.0. The largest absolute Gasteiger partial charge is 0.363 e. The van der Waals surface area contributed by atoms with Crippen molar-refractivity contribution in [3.63, 3.8) is 0 Å². The lowest BCUT2D eigenvalue weighted by molar-refractivity contribution is -0.136. The molecule has 0 radical (unpaired) electrons. The van der Waals surface area contributed by atoms with Crippen LogP contribution in [0.15, 0.2) is 18.2 Å². The average Bonchev–Trinajstić information content (AvgIpc) is 3.40. The van der Waals surface area contributed by atoms with E-state index in [0.717, 1.165) is 5.56 Å². The smallest absolute Gasteiger partial charge is 0.254 e. The number of halogens is 1. The normalized spacial score (nSPS) is 21.1. The van der Waals surface area contributed by atoms with Crippen LogP contribution in [-0.4, -0.2) is 42.5 Å². The number of aryl methyl sites for hydroxylation is 1. The summed E-state index contributed by atoms with van der Waals surface area (Å²) in [7, 11) is 0. The van der Waals surface area contributed by atoms with Crippen molar-refractivity contribution < 1.29 is 18.7 Å². The highest BCUT2D eigenvalue weighted by atomic mass is 19.1. The Labute approximate surface area is 134 Å². The fraction of sp³-hybridized carbons (Fsp3) is 0.529. The lowest BCUT2D eigenvalue weighted by Gasteiger charge is -2.31. The Morgan fingerprint density at radius 3 is 2.65 bits per heavy atom. The molecule has 2 fully saturated rings. The van der Waals surface area contributed by atoms with Crippen LogP contribution >= 0.6 is 0 Å². The zero-order chi connectivity index (χ0) is 16.4. The van der Waals surface area contributed by atoms with Gasteiger partial charge in [-0.15, -0.1) is 0 Å². The van der Waals surface area contributed by atoms with Crippen molar-refractivity contribution in [3.05, 3.63) is 35.1 Å². The van der Waals surface area contributed by atoms with E-state index in [1.807, 2.05) is 6.07 Å². The van der Waals surface area contributed by atoms with E-state index in [-0.39, 0.29) is 29.7 Å². The molecule has 0 aromatic heterocycles. The van der Waals surface area contributed by atoms with Gasteiger partial charge in [-0.25, -0.2) is 4.39 Å². The third-order valence-corrected chi connectivity index (χ3v) is 4.49. The summed E-state index contributed by atoms with van der Waals surface area (Å²) in [6.07, 6.45) is 1.07. The molecule has 2 amide bonds. The predicted molar refractivity (Wildman–Crippen MR) is 82.0 cm³/mol. The number of carbonyl (C=O) groups is 2. The SMILES string of the molecule is Cc1ccc(CNC(=O)C2CCN(C(=O)C3CO3)CC2)cc1F. The third kappa shape index (κ3) is 3.88. The minimum absolute atomic E-state index is 0.0271. The molecule has 2 heterocycles. The minimum atomic E-state index is -0.258. The van der Waals surface area contributed by atoms with Gasteiger partial charge in [0, 0.05) is 25.6 Å². The van der Waals surface area contributed by atoms with Gasteiger partial charge in [-0.3, -0.25) is 9.59 Å². The van der Waals surface area contributed by atoms with Gasteiger partial charge in [0.15, 0.2) is 6.10 Å². The number of benzene rings is 1. The van der Waals surface area contributed by atoms with E-state index in [2.05, 4.69) is 5.32 Å². The molecule has 0 saturated carbocycles. The second-order valence-electron chi connectivity index (χ2n) is 6.22. The van der Waals surface area contributed by atoms with E-state index in [1.54, 1.807) is 17.9 Å². The molecule has 0 bridgehead atoms. The molecule has 1 N–H and O–H groups in total. The first kappa shape index (κ1) is 15.9. The molecule has 0 aliphatic carbocycles. The minimum Gasteiger partial charge on any atom is -0.363 e. The summed E-state index contributed by atoms with van der Waals surface area (Å²) >= 11 is 0. The van der Waals surface area contributed by atoms with Crippen molar-refractivity contribution in [2.24, 2.45) is 5.92 Å². The number of hydrogen-bond donors (Lipinski definition) is 1. The Hall–Kier alpha value is -1.95. The molecule has 124 valence electrons. The number of hydrogen-bond acceptors (Lipinski definition) is 3. The Balaban J connectivity index is 1.45. The molecule has 1 unspecified atom stereocenters.